The number of rotatable bonds is 4. The number of likely N-dealkylation sites (N-methyl/N-ethyl adjacent to an activating group) is 1. The molecular weight excluding hydrogens is 382 g/mol. The summed E-state index contributed by atoms with van der Waals surface area (Å²) >= 11 is 12.3. The van der Waals surface area contributed by atoms with Crippen molar-refractivity contribution < 1.29 is 9.13 Å². The van der Waals surface area contributed by atoms with Gasteiger partial charge >= 0.3 is 6.01 Å². The number of nitrogens with zero attached hydrogens (tertiary/aromatic N) is 4. The third kappa shape index (κ3) is 2.96. The van der Waals surface area contributed by atoms with E-state index in [0.29, 0.717) is 0 Å². The third-order valence-electron chi connectivity index (χ3n) is 5.20. The van der Waals surface area contributed by atoms with Crippen molar-refractivity contribution in [3.05, 3.63) is 26.5 Å². The molecule has 1 saturated carbocycles. The summed E-state index contributed by atoms with van der Waals surface area (Å²) in [6.45, 7) is 2.92. The van der Waals surface area contributed by atoms with Crippen LogP contribution in [0, 0.1) is 5.82 Å². The second-order valence-corrected chi connectivity index (χ2v) is 7.76. The summed E-state index contributed by atoms with van der Waals surface area (Å²) < 4.78 is 21.8. The van der Waals surface area contributed by atoms with Crippen LogP contribution in [0.3, 0.4) is 0 Å². The van der Waals surface area contributed by atoms with Crippen LogP contribution in [0.25, 0.3) is 10.9 Å². The monoisotopic (exact) mass is 400 g/mol. The number of halogens is 3. The number of hydrogen-bond donors (Lipinski definition) is 0. The van der Waals surface area contributed by atoms with Crippen molar-refractivity contribution in [2.24, 2.45) is 0 Å². The van der Waals surface area contributed by atoms with Gasteiger partial charge in [-0.05, 0) is 46.2 Å². The minimum atomic E-state index is -0.770. The molecule has 2 atom stereocenters. The molecule has 140 valence electrons. The lowest BCUT2D eigenvalue weighted by atomic mass is 10.1. The van der Waals surface area contributed by atoms with Crippen molar-refractivity contribution >= 4 is 34.1 Å². The lowest BCUT2D eigenvalue weighted by molar-refractivity contribution is 0.112. The summed E-state index contributed by atoms with van der Waals surface area (Å²) in [5, 5.41) is -0.417. The summed E-state index contributed by atoms with van der Waals surface area (Å²) in [6.07, 6.45) is 3.49. The zero-order valence-corrected chi connectivity index (χ0v) is 16.0. The van der Waals surface area contributed by atoms with Gasteiger partial charge in [0.25, 0.3) is 5.56 Å². The molecule has 1 saturated heterocycles. The van der Waals surface area contributed by atoms with Crippen molar-refractivity contribution in [3.63, 3.8) is 0 Å². The van der Waals surface area contributed by atoms with E-state index in [9.17, 15) is 9.18 Å². The van der Waals surface area contributed by atoms with Crippen LogP contribution >= 0.6 is 23.2 Å². The zero-order valence-electron chi connectivity index (χ0n) is 14.5. The van der Waals surface area contributed by atoms with E-state index in [4.69, 9.17) is 27.9 Å². The van der Waals surface area contributed by atoms with Gasteiger partial charge in [0, 0.05) is 12.1 Å². The summed E-state index contributed by atoms with van der Waals surface area (Å²) in [5.41, 5.74) is -0.659. The van der Waals surface area contributed by atoms with Gasteiger partial charge in [-0.25, -0.2) is 4.39 Å². The van der Waals surface area contributed by atoms with E-state index >= 15 is 0 Å². The first-order chi connectivity index (χ1) is 12.4. The molecule has 2 aromatic heterocycles. The van der Waals surface area contributed by atoms with Gasteiger partial charge in [0.1, 0.15) is 22.2 Å². The van der Waals surface area contributed by atoms with Crippen LogP contribution < -0.4 is 10.3 Å². The lowest BCUT2D eigenvalue weighted by Gasteiger charge is -2.26. The molecule has 0 bridgehead atoms. The largest absolute Gasteiger partial charge is 0.459 e. The molecule has 0 amide bonds. The van der Waals surface area contributed by atoms with Gasteiger partial charge in [-0.3, -0.25) is 14.3 Å². The highest BCUT2D eigenvalue weighted by Crippen LogP contribution is 2.38. The quantitative estimate of drug-likeness (QED) is 0.580. The second-order valence-electron chi connectivity index (χ2n) is 7.04. The molecule has 2 aromatic rings. The Morgan fingerprint density at radius 1 is 1.27 bits per heavy atom. The van der Waals surface area contributed by atoms with Crippen LogP contribution in [0.5, 0.6) is 6.01 Å². The fourth-order valence-corrected chi connectivity index (χ4v) is 4.21. The fraction of sp³-hybridized carbons (Fsp3) is 0.588. The number of fused-ring (bicyclic) bond motifs is 1. The first-order valence-electron chi connectivity index (χ1n) is 8.72. The number of aromatic nitrogens is 3. The van der Waals surface area contributed by atoms with E-state index in [2.05, 4.69) is 14.9 Å². The topological polar surface area (TPSA) is 60.2 Å². The molecule has 9 heteroatoms. The van der Waals surface area contributed by atoms with Crippen molar-refractivity contribution in [2.75, 3.05) is 13.6 Å². The van der Waals surface area contributed by atoms with E-state index < -0.39 is 11.4 Å². The normalized spacial score (nSPS) is 22.1. The standard InChI is InChI=1S/C17H19Cl2FN4O2/c1-8(10-4-3-7-23(10)2)26-17-21-13-11(14(18)22-17)16(25)24(9-5-6-9)15(19)12(13)20/h8-10H,3-7H2,1-2H3/t8-,10-/m0/s1. The minimum absolute atomic E-state index is 0.0474. The van der Waals surface area contributed by atoms with Crippen molar-refractivity contribution in [3.8, 4) is 6.01 Å². The number of hydrogen-bond acceptors (Lipinski definition) is 5. The van der Waals surface area contributed by atoms with Crippen molar-refractivity contribution in [2.45, 2.75) is 50.8 Å². The number of ether oxygens (including phenoxy) is 1. The summed E-state index contributed by atoms with van der Waals surface area (Å²) in [6, 6.07) is 0.0945. The van der Waals surface area contributed by atoms with Crippen LogP contribution in [-0.4, -0.2) is 45.2 Å². The predicted octanol–water partition coefficient (Wildman–Crippen LogP) is 3.43. The zero-order chi connectivity index (χ0) is 18.6. The van der Waals surface area contributed by atoms with Crippen molar-refractivity contribution in [1.82, 2.24) is 19.4 Å². The summed E-state index contributed by atoms with van der Waals surface area (Å²) in [7, 11) is 2.03. The predicted molar refractivity (Wildman–Crippen MR) is 97.8 cm³/mol. The van der Waals surface area contributed by atoms with E-state index in [1.165, 1.54) is 4.57 Å². The molecular formula is C17H19Cl2FN4O2. The molecule has 4 rings (SSSR count). The SMILES string of the molecule is C[C@H](Oc1nc(Cl)c2c(=O)n(C3CC3)c(Cl)c(F)c2n1)[C@@H]1CCCN1C. The minimum Gasteiger partial charge on any atom is -0.459 e. The first-order valence-corrected chi connectivity index (χ1v) is 9.47. The lowest BCUT2D eigenvalue weighted by Crippen LogP contribution is -2.38. The van der Waals surface area contributed by atoms with Crippen LogP contribution in [0.2, 0.25) is 10.3 Å². The van der Waals surface area contributed by atoms with Crippen molar-refractivity contribution in [1.29, 1.82) is 0 Å². The van der Waals surface area contributed by atoms with Gasteiger partial charge in [0.15, 0.2) is 11.0 Å². The van der Waals surface area contributed by atoms with E-state index in [1.54, 1.807) is 0 Å². The molecule has 3 heterocycles. The van der Waals surface area contributed by atoms with Crippen LogP contribution in [-0.2, 0) is 0 Å². The Hall–Kier alpha value is -1.44. The molecule has 1 aliphatic heterocycles. The Morgan fingerprint density at radius 3 is 2.62 bits per heavy atom. The fourth-order valence-electron chi connectivity index (χ4n) is 3.66. The van der Waals surface area contributed by atoms with E-state index in [0.717, 1.165) is 32.2 Å². The van der Waals surface area contributed by atoms with Crippen LogP contribution in [0.1, 0.15) is 38.6 Å². The van der Waals surface area contributed by atoms with Gasteiger partial charge in [-0.15, -0.1) is 0 Å². The Bertz CT molecular complexity index is 931. The Morgan fingerprint density at radius 2 is 2.00 bits per heavy atom. The Kier molecular flexibility index (Phi) is 4.57. The maximum Gasteiger partial charge on any atom is 0.318 e. The highest BCUT2D eigenvalue weighted by atomic mass is 35.5. The maximum absolute atomic E-state index is 14.8. The van der Waals surface area contributed by atoms with E-state index in [-0.39, 0.29) is 45.4 Å². The second kappa shape index (κ2) is 6.62. The third-order valence-corrected chi connectivity index (χ3v) is 5.82. The highest BCUT2D eigenvalue weighted by Gasteiger charge is 2.32. The molecule has 0 unspecified atom stereocenters. The molecule has 0 aromatic carbocycles. The molecule has 0 radical (unpaired) electrons. The van der Waals surface area contributed by atoms with Gasteiger partial charge < -0.3 is 4.74 Å². The van der Waals surface area contributed by atoms with Gasteiger partial charge in [0.2, 0.25) is 0 Å². The van der Waals surface area contributed by atoms with Crippen LogP contribution in [0.4, 0.5) is 4.39 Å². The first kappa shape index (κ1) is 17.9. The number of likely N-dealkylation sites (tertiary alicyclic amines) is 1. The van der Waals surface area contributed by atoms with Gasteiger partial charge in [0.05, 0.1) is 0 Å². The number of pyridine rings is 1. The maximum atomic E-state index is 14.8. The van der Waals surface area contributed by atoms with Gasteiger partial charge in [-0.1, -0.05) is 23.2 Å². The summed E-state index contributed by atoms with van der Waals surface area (Å²) in [5.74, 6) is -0.770. The molecule has 1 aliphatic carbocycles. The average molecular weight is 401 g/mol. The van der Waals surface area contributed by atoms with Gasteiger partial charge in [-0.2, -0.15) is 9.97 Å². The molecule has 0 N–H and O–H groups in total. The average Bonchev–Trinajstić information content (AvgIpc) is 3.32. The highest BCUT2D eigenvalue weighted by molar-refractivity contribution is 6.34. The Balaban J connectivity index is 1.76. The molecule has 2 aliphatic rings. The Labute approximate surface area is 159 Å². The summed E-state index contributed by atoms with van der Waals surface area (Å²) in [4.78, 5) is 23.1. The molecule has 26 heavy (non-hydrogen) atoms. The smallest absolute Gasteiger partial charge is 0.318 e. The molecule has 6 nitrogen and oxygen atoms in total. The molecule has 0 spiro atoms. The van der Waals surface area contributed by atoms with E-state index in [1.807, 2.05) is 14.0 Å². The molecule has 2 fully saturated rings. The van der Waals surface area contributed by atoms with Crippen LogP contribution in [0.15, 0.2) is 4.79 Å².